The van der Waals surface area contributed by atoms with Gasteiger partial charge in [-0.1, -0.05) is 24.3 Å². The summed E-state index contributed by atoms with van der Waals surface area (Å²) in [6, 6.07) is 5.50. The van der Waals surface area contributed by atoms with Crippen molar-refractivity contribution < 1.29 is 19.7 Å². The second-order valence-corrected chi connectivity index (χ2v) is 5.12. The molecule has 0 spiro atoms. The van der Waals surface area contributed by atoms with Crippen molar-refractivity contribution in [1.29, 1.82) is 0 Å². The van der Waals surface area contributed by atoms with Gasteiger partial charge in [0.2, 0.25) is 26.2 Å². The van der Waals surface area contributed by atoms with Gasteiger partial charge in [-0.25, -0.2) is 0 Å². The van der Waals surface area contributed by atoms with Crippen molar-refractivity contribution in [2.45, 2.75) is 11.8 Å². The van der Waals surface area contributed by atoms with Gasteiger partial charge in [-0.15, -0.1) is 0 Å². The fourth-order valence-corrected chi connectivity index (χ4v) is 2.30. The van der Waals surface area contributed by atoms with E-state index in [0.29, 0.717) is 11.1 Å². The number of nitro groups is 4. The van der Waals surface area contributed by atoms with Crippen LogP contribution in [0.2, 0.25) is 0 Å². The summed E-state index contributed by atoms with van der Waals surface area (Å²) in [7, 11) is 0. The average Bonchev–Trinajstić information content (AvgIpc) is 2.44. The standard InChI is InChI=1S/C12H14N4O8/c17-13(18)5-11(6-14(19)20)9-1-2-10(4-3-9)12(7-15(21)22)8-16(23)24/h1-4,11-12H,5-8H2. The molecule has 0 aliphatic heterocycles. The minimum atomic E-state index is -0.950. The molecule has 0 N–H and O–H groups in total. The minimum Gasteiger partial charge on any atom is -0.265 e. The summed E-state index contributed by atoms with van der Waals surface area (Å²) in [5, 5.41) is 42.5. The highest BCUT2D eigenvalue weighted by atomic mass is 16.6. The van der Waals surface area contributed by atoms with Crippen LogP contribution in [0.3, 0.4) is 0 Å². The predicted octanol–water partition coefficient (Wildman–Crippen LogP) is 0.961. The molecule has 0 atom stereocenters. The third-order valence-corrected chi connectivity index (χ3v) is 3.36. The van der Waals surface area contributed by atoms with E-state index in [-0.39, 0.29) is 0 Å². The van der Waals surface area contributed by atoms with Crippen molar-refractivity contribution in [3.05, 3.63) is 75.8 Å². The smallest absolute Gasteiger partial charge is 0.217 e. The predicted molar refractivity (Wildman–Crippen MR) is 79.4 cm³/mol. The summed E-state index contributed by atoms with van der Waals surface area (Å²) in [5.41, 5.74) is 0.654. The topological polar surface area (TPSA) is 173 Å². The average molecular weight is 342 g/mol. The maximum Gasteiger partial charge on any atom is 0.217 e. The molecule has 0 unspecified atom stereocenters. The van der Waals surface area contributed by atoms with Gasteiger partial charge in [-0.2, -0.15) is 0 Å². The van der Waals surface area contributed by atoms with E-state index in [1.165, 1.54) is 24.3 Å². The summed E-state index contributed by atoms with van der Waals surface area (Å²) in [5.74, 6) is -1.90. The molecule has 0 saturated heterocycles. The van der Waals surface area contributed by atoms with Crippen LogP contribution in [0.25, 0.3) is 0 Å². The summed E-state index contributed by atoms with van der Waals surface area (Å²) in [6.45, 7) is -2.53. The maximum atomic E-state index is 10.6. The molecule has 0 aromatic heterocycles. The highest BCUT2D eigenvalue weighted by Crippen LogP contribution is 2.22. The molecule has 0 aliphatic carbocycles. The maximum absolute atomic E-state index is 10.6. The monoisotopic (exact) mass is 342 g/mol. The summed E-state index contributed by atoms with van der Waals surface area (Å²) >= 11 is 0. The van der Waals surface area contributed by atoms with Crippen molar-refractivity contribution in [3.8, 4) is 0 Å². The largest absolute Gasteiger partial charge is 0.265 e. The zero-order valence-electron chi connectivity index (χ0n) is 12.3. The number of nitrogens with zero attached hydrogens (tertiary/aromatic N) is 4. The third kappa shape index (κ3) is 6.29. The lowest BCUT2D eigenvalue weighted by atomic mass is 9.93. The van der Waals surface area contributed by atoms with Crippen molar-refractivity contribution >= 4 is 0 Å². The van der Waals surface area contributed by atoms with Gasteiger partial charge in [0, 0.05) is 19.7 Å². The minimum absolute atomic E-state index is 0.327. The zero-order chi connectivity index (χ0) is 18.3. The van der Waals surface area contributed by atoms with Crippen molar-refractivity contribution in [2.24, 2.45) is 0 Å². The second-order valence-electron chi connectivity index (χ2n) is 5.12. The van der Waals surface area contributed by atoms with Crippen LogP contribution in [-0.4, -0.2) is 45.9 Å². The molecule has 0 amide bonds. The molecule has 0 heterocycles. The van der Waals surface area contributed by atoms with Crippen molar-refractivity contribution in [2.75, 3.05) is 26.2 Å². The Kier molecular flexibility index (Phi) is 6.64. The summed E-state index contributed by atoms with van der Waals surface area (Å²) < 4.78 is 0. The molecule has 0 aliphatic rings. The van der Waals surface area contributed by atoms with Gasteiger partial charge < -0.3 is 0 Å². The quantitative estimate of drug-likeness (QED) is 0.446. The molecule has 12 nitrogen and oxygen atoms in total. The van der Waals surface area contributed by atoms with E-state index in [0.717, 1.165) is 0 Å². The zero-order valence-corrected chi connectivity index (χ0v) is 12.3. The van der Waals surface area contributed by atoms with Gasteiger partial charge >= 0.3 is 0 Å². The first-order chi connectivity index (χ1) is 11.2. The fourth-order valence-electron chi connectivity index (χ4n) is 2.30. The number of benzene rings is 1. The molecule has 0 fully saturated rings. The number of hydrogen-bond acceptors (Lipinski definition) is 8. The molecule has 24 heavy (non-hydrogen) atoms. The van der Waals surface area contributed by atoms with Crippen LogP contribution in [0.15, 0.2) is 24.3 Å². The lowest BCUT2D eigenvalue weighted by molar-refractivity contribution is -0.516. The Morgan fingerprint density at radius 3 is 0.958 bits per heavy atom. The van der Waals surface area contributed by atoms with Gasteiger partial charge in [-0.3, -0.25) is 40.5 Å². The van der Waals surface area contributed by atoms with E-state index in [1.807, 2.05) is 0 Å². The van der Waals surface area contributed by atoms with Gasteiger partial charge in [0.25, 0.3) is 0 Å². The second kappa shape index (κ2) is 8.45. The van der Waals surface area contributed by atoms with Gasteiger partial charge in [0.15, 0.2) is 0 Å². The highest BCUT2D eigenvalue weighted by molar-refractivity contribution is 5.28. The Bertz CT molecular complexity index is 545. The van der Waals surface area contributed by atoms with E-state index in [9.17, 15) is 40.5 Å². The van der Waals surface area contributed by atoms with E-state index >= 15 is 0 Å². The first kappa shape index (κ1) is 18.9. The molecule has 0 bridgehead atoms. The van der Waals surface area contributed by atoms with Crippen LogP contribution in [0.5, 0.6) is 0 Å². The van der Waals surface area contributed by atoms with E-state index in [1.54, 1.807) is 0 Å². The van der Waals surface area contributed by atoms with Crippen LogP contribution >= 0.6 is 0 Å². The lowest BCUT2D eigenvalue weighted by Gasteiger charge is -2.12. The van der Waals surface area contributed by atoms with E-state index < -0.39 is 57.7 Å². The van der Waals surface area contributed by atoms with Gasteiger partial charge in [0.1, 0.15) is 11.8 Å². The number of rotatable bonds is 10. The van der Waals surface area contributed by atoms with Crippen LogP contribution in [0.4, 0.5) is 0 Å². The van der Waals surface area contributed by atoms with Crippen LogP contribution in [0, 0.1) is 40.5 Å². The van der Waals surface area contributed by atoms with Gasteiger partial charge in [0.05, 0.1) is 0 Å². The molecule has 12 heteroatoms. The van der Waals surface area contributed by atoms with Gasteiger partial charge in [-0.05, 0) is 11.1 Å². The number of hydrogen-bond donors (Lipinski definition) is 0. The first-order valence-electron chi connectivity index (χ1n) is 6.76. The highest BCUT2D eigenvalue weighted by Gasteiger charge is 2.26. The summed E-state index contributed by atoms with van der Waals surface area (Å²) in [6.07, 6.45) is 0. The fraction of sp³-hybridized carbons (Fsp3) is 0.500. The Morgan fingerprint density at radius 1 is 0.583 bits per heavy atom. The molecule has 130 valence electrons. The Hall–Kier alpha value is -3.18. The van der Waals surface area contributed by atoms with Crippen molar-refractivity contribution in [3.63, 3.8) is 0 Å². The normalized spacial score (nSPS) is 10.8. The molecule has 1 aromatic rings. The lowest BCUT2D eigenvalue weighted by Crippen LogP contribution is -2.22. The Balaban J connectivity index is 3.01. The molecule has 1 rings (SSSR count). The third-order valence-electron chi connectivity index (χ3n) is 3.36. The Morgan fingerprint density at radius 2 is 0.792 bits per heavy atom. The molecule has 1 aromatic carbocycles. The van der Waals surface area contributed by atoms with Crippen LogP contribution in [0.1, 0.15) is 23.0 Å². The molecule has 0 radical (unpaired) electrons. The molecular formula is C12H14N4O8. The molecule has 0 saturated carbocycles. The van der Waals surface area contributed by atoms with Crippen molar-refractivity contribution in [1.82, 2.24) is 0 Å². The Labute approximate surface area is 134 Å². The van der Waals surface area contributed by atoms with E-state index in [4.69, 9.17) is 0 Å². The van der Waals surface area contributed by atoms with Crippen LogP contribution < -0.4 is 0 Å². The van der Waals surface area contributed by atoms with Crippen LogP contribution in [-0.2, 0) is 0 Å². The first-order valence-corrected chi connectivity index (χ1v) is 6.76. The van der Waals surface area contributed by atoms with E-state index in [2.05, 4.69) is 0 Å². The summed E-state index contributed by atoms with van der Waals surface area (Å²) in [4.78, 5) is 39.8. The molecular weight excluding hydrogens is 328 g/mol. The SMILES string of the molecule is O=[N+]([O-])CC(C[N+](=O)[O-])c1ccc(C(C[N+](=O)[O-])C[N+](=O)[O-])cc1.